The molecular formula is C18H28ClN3O2. The third-order valence-corrected chi connectivity index (χ3v) is 4.42. The van der Waals surface area contributed by atoms with Gasteiger partial charge in [-0.1, -0.05) is 29.8 Å². The third-order valence-electron chi connectivity index (χ3n) is 4.42. The fourth-order valence-electron chi connectivity index (χ4n) is 2.95. The Kier molecular flexibility index (Phi) is 8.79. The van der Waals surface area contributed by atoms with Crippen molar-refractivity contribution >= 4 is 24.2 Å². The first-order valence-electron chi connectivity index (χ1n) is 8.42. The molecule has 1 unspecified atom stereocenters. The lowest BCUT2D eigenvalue weighted by molar-refractivity contribution is -0.135. The topological polar surface area (TPSA) is 75.4 Å². The molecule has 1 aliphatic heterocycles. The molecule has 0 aromatic heterocycles. The van der Waals surface area contributed by atoms with E-state index in [0.29, 0.717) is 19.4 Å². The van der Waals surface area contributed by atoms with Gasteiger partial charge in [0.25, 0.3) is 0 Å². The number of halogens is 1. The predicted octanol–water partition coefficient (Wildman–Crippen LogP) is 1.81. The molecule has 1 aromatic carbocycles. The molecule has 2 amide bonds. The molecule has 5 nitrogen and oxygen atoms in total. The van der Waals surface area contributed by atoms with E-state index >= 15 is 0 Å². The predicted molar refractivity (Wildman–Crippen MR) is 98.2 cm³/mol. The van der Waals surface area contributed by atoms with Crippen LogP contribution in [-0.2, 0) is 16.0 Å². The number of hydrogen-bond donors (Lipinski definition) is 2. The number of rotatable bonds is 6. The van der Waals surface area contributed by atoms with E-state index in [1.165, 1.54) is 5.56 Å². The lowest BCUT2D eigenvalue weighted by Gasteiger charge is -2.35. The summed E-state index contributed by atoms with van der Waals surface area (Å²) in [6, 6.07) is 8.28. The van der Waals surface area contributed by atoms with E-state index in [4.69, 9.17) is 5.73 Å². The number of aryl methyl sites for hydroxylation is 2. The van der Waals surface area contributed by atoms with Gasteiger partial charge in [-0.05, 0) is 38.2 Å². The average Bonchev–Trinajstić information content (AvgIpc) is 2.59. The second-order valence-electron chi connectivity index (χ2n) is 6.23. The number of benzene rings is 1. The van der Waals surface area contributed by atoms with Crippen LogP contribution in [0.25, 0.3) is 0 Å². The second-order valence-corrected chi connectivity index (χ2v) is 6.23. The maximum atomic E-state index is 12.2. The standard InChI is InChI=1S/C18H27N3O2.ClH/c1-14-5-7-15(8-6-14)9-10-17(22)20-13-18(23)21-11-3-2-4-16(21)12-19;/h5-8,16H,2-4,9-13,19H2,1H3,(H,20,22);1H. The van der Waals surface area contributed by atoms with Crippen LogP contribution in [0.1, 0.15) is 36.8 Å². The molecule has 1 aliphatic rings. The van der Waals surface area contributed by atoms with Crippen LogP contribution < -0.4 is 11.1 Å². The molecule has 134 valence electrons. The third kappa shape index (κ3) is 6.13. The molecule has 1 fully saturated rings. The van der Waals surface area contributed by atoms with E-state index in [2.05, 4.69) is 5.32 Å². The molecular weight excluding hydrogens is 326 g/mol. The number of piperidine rings is 1. The summed E-state index contributed by atoms with van der Waals surface area (Å²) in [5.74, 6) is -0.107. The van der Waals surface area contributed by atoms with Crippen molar-refractivity contribution < 1.29 is 9.59 Å². The molecule has 0 bridgehead atoms. The normalized spacial score (nSPS) is 17.1. The molecule has 2 rings (SSSR count). The first-order valence-corrected chi connectivity index (χ1v) is 8.42. The van der Waals surface area contributed by atoms with Crippen molar-refractivity contribution in [1.82, 2.24) is 10.2 Å². The Balaban J connectivity index is 0.00000288. The Hall–Kier alpha value is -1.59. The van der Waals surface area contributed by atoms with Crippen molar-refractivity contribution in [2.75, 3.05) is 19.6 Å². The van der Waals surface area contributed by atoms with Gasteiger partial charge in [0.05, 0.1) is 6.54 Å². The number of nitrogens with zero attached hydrogens (tertiary/aromatic N) is 1. The monoisotopic (exact) mass is 353 g/mol. The summed E-state index contributed by atoms with van der Waals surface area (Å²) < 4.78 is 0. The maximum Gasteiger partial charge on any atom is 0.242 e. The van der Waals surface area contributed by atoms with Gasteiger partial charge in [0.15, 0.2) is 0 Å². The van der Waals surface area contributed by atoms with Crippen molar-refractivity contribution in [2.45, 2.75) is 45.1 Å². The van der Waals surface area contributed by atoms with Gasteiger partial charge >= 0.3 is 0 Å². The fraction of sp³-hybridized carbons (Fsp3) is 0.556. The Bertz CT molecular complexity index is 534. The lowest BCUT2D eigenvalue weighted by Crippen LogP contribution is -2.50. The van der Waals surface area contributed by atoms with Gasteiger partial charge < -0.3 is 16.0 Å². The van der Waals surface area contributed by atoms with Crippen LogP contribution in [0.2, 0.25) is 0 Å². The van der Waals surface area contributed by atoms with Crippen molar-refractivity contribution in [3.8, 4) is 0 Å². The van der Waals surface area contributed by atoms with Crippen LogP contribution in [-0.4, -0.2) is 42.4 Å². The summed E-state index contributed by atoms with van der Waals surface area (Å²) in [6.07, 6.45) is 4.19. The zero-order valence-corrected chi connectivity index (χ0v) is 15.1. The molecule has 0 spiro atoms. The number of nitrogens with two attached hydrogens (primary N) is 1. The molecule has 6 heteroatoms. The van der Waals surface area contributed by atoms with Gasteiger partial charge in [-0.3, -0.25) is 9.59 Å². The highest BCUT2D eigenvalue weighted by Gasteiger charge is 2.25. The smallest absolute Gasteiger partial charge is 0.242 e. The van der Waals surface area contributed by atoms with Gasteiger partial charge in [-0.2, -0.15) is 0 Å². The van der Waals surface area contributed by atoms with Gasteiger partial charge in [0.1, 0.15) is 0 Å². The highest BCUT2D eigenvalue weighted by molar-refractivity contribution is 5.85. The molecule has 0 radical (unpaired) electrons. The number of carbonyl (C=O) groups excluding carboxylic acids is 2. The van der Waals surface area contributed by atoms with E-state index in [1.54, 1.807) is 0 Å². The Morgan fingerprint density at radius 2 is 1.96 bits per heavy atom. The average molecular weight is 354 g/mol. The van der Waals surface area contributed by atoms with Crippen molar-refractivity contribution in [2.24, 2.45) is 5.73 Å². The van der Waals surface area contributed by atoms with E-state index in [9.17, 15) is 9.59 Å². The van der Waals surface area contributed by atoms with Crippen LogP contribution in [0, 0.1) is 6.92 Å². The fourth-order valence-corrected chi connectivity index (χ4v) is 2.95. The first-order chi connectivity index (χ1) is 11.1. The van der Waals surface area contributed by atoms with Gasteiger partial charge in [0, 0.05) is 25.6 Å². The van der Waals surface area contributed by atoms with Crippen molar-refractivity contribution in [3.05, 3.63) is 35.4 Å². The van der Waals surface area contributed by atoms with E-state index < -0.39 is 0 Å². The molecule has 0 saturated carbocycles. The van der Waals surface area contributed by atoms with Crippen molar-refractivity contribution in [3.63, 3.8) is 0 Å². The van der Waals surface area contributed by atoms with Crippen LogP contribution >= 0.6 is 12.4 Å². The van der Waals surface area contributed by atoms with Crippen molar-refractivity contribution in [1.29, 1.82) is 0 Å². The molecule has 1 atom stereocenters. The van der Waals surface area contributed by atoms with Crippen LogP contribution in [0.4, 0.5) is 0 Å². The molecule has 0 aliphatic carbocycles. The van der Waals surface area contributed by atoms with Crippen LogP contribution in [0.3, 0.4) is 0 Å². The highest BCUT2D eigenvalue weighted by atomic mass is 35.5. The first kappa shape index (κ1) is 20.5. The maximum absolute atomic E-state index is 12.2. The molecule has 1 heterocycles. The summed E-state index contributed by atoms with van der Waals surface area (Å²) >= 11 is 0. The number of amides is 2. The van der Waals surface area contributed by atoms with E-state index in [1.807, 2.05) is 36.1 Å². The SMILES string of the molecule is Cc1ccc(CCC(=O)NCC(=O)N2CCCCC2CN)cc1.Cl. The largest absolute Gasteiger partial charge is 0.347 e. The number of likely N-dealkylation sites (tertiary alicyclic amines) is 1. The van der Waals surface area contributed by atoms with Crippen LogP contribution in [0.15, 0.2) is 24.3 Å². The Morgan fingerprint density at radius 3 is 2.62 bits per heavy atom. The Labute approximate surface area is 150 Å². The summed E-state index contributed by atoms with van der Waals surface area (Å²) in [5.41, 5.74) is 8.07. The zero-order valence-electron chi connectivity index (χ0n) is 14.3. The highest BCUT2D eigenvalue weighted by Crippen LogP contribution is 2.15. The zero-order chi connectivity index (χ0) is 16.7. The van der Waals surface area contributed by atoms with E-state index in [-0.39, 0.29) is 36.8 Å². The minimum Gasteiger partial charge on any atom is -0.347 e. The summed E-state index contributed by atoms with van der Waals surface area (Å²) in [4.78, 5) is 26.0. The summed E-state index contributed by atoms with van der Waals surface area (Å²) in [5, 5.41) is 2.74. The number of carbonyl (C=O) groups is 2. The van der Waals surface area contributed by atoms with Gasteiger partial charge in [-0.15, -0.1) is 12.4 Å². The molecule has 1 saturated heterocycles. The number of hydrogen-bond acceptors (Lipinski definition) is 3. The number of nitrogens with one attached hydrogen (secondary N) is 1. The minimum absolute atomic E-state index is 0. The second kappa shape index (κ2) is 10.3. The van der Waals surface area contributed by atoms with Gasteiger partial charge in [0.2, 0.25) is 11.8 Å². The lowest BCUT2D eigenvalue weighted by atomic mass is 10.0. The molecule has 24 heavy (non-hydrogen) atoms. The Morgan fingerprint density at radius 1 is 1.25 bits per heavy atom. The minimum atomic E-state index is -0.0831. The van der Waals surface area contributed by atoms with Gasteiger partial charge in [-0.25, -0.2) is 0 Å². The molecule has 1 aromatic rings. The summed E-state index contributed by atoms with van der Waals surface area (Å²) in [7, 11) is 0. The molecule has 3 N–H and O–H groups in total. The quantitative estimate of drug-likeness (QED) is 0.818. The van der Waals surface area contributed by atoms with E-state index in [0.717, 1.165) is 31.4 Å². The van der Waals surface area contributed by atoms with Crippen LogP contribution in [0.5, 0.6) is 0 Å². The summed E-state index contributed by atoms with van der Waals surface area (Å²) in [6.45, 7) is 3.35.